The summed E-state index contributed by atoms with van der Waals surface area (Å²) in [5.41, 5.74) is 1.18. The normalized spacial score (nSPS) is 15.9. The first-order chi connectivity index (χ1) is 13.2. The van der Waals surface area contributed by atoms with Crippen LogP contribution in [0.15, 0.2) is 42.5 Å². The Kier molecular flexibility index (Phi) is 5.92. The minimum absolute atomic E-state index is 0.101. The average molecular weight is 444 g/mol. The summed E-state index contributed by atoms with van der Waals surface area (Å²) in [5.74, 6) is -0.0457. The van der Waals surface area contributed by atoms with Gasteiger partial charge in [-0.2, -0.15) is 8.42 Å². The van der Waals surface area contributed by atoms with E-state index in [1.807, 2.05) is 0 Å². The number of nitrogens with zero attached hydrogens (tertiary/aromatic N) is 2. The number of para-hydroxylation sites is 2. The fourth-order valence-electron chi connectivity index (χ4n) is 2.81. The molecule has 1 atom stereocenters. The molecule has 3 rings (SSSR count). The molecule has 10 heteroatoms. The molecule has 0 aliphatic carbocycles. The van der Waals surface area contributed by atoms with E-state index in [0.29, 0.717) is 27.2 Å². The standard InChI is InChI=1S/C18H19Cl2N3O4S/c1-12(27-17-8-7-13(19)11-14(17)20)18(24)21-9-10-23-16-6-4-3-5-15(16)22(2)28(23,25)26/h3-8,11-12H,9-10H2,1-2H3,(H,21,24). The fourth-order valence-corrected chi connectivity index (χ4v) is 4.69. The van der Waals surface area contributed by atoms with Gasteiger partial charge in [0.15, 0.2) is 6.10 Å². The smallest absolute Gasteiger partial charge is 0.326 e. The van der Waals surface area contributed by atoms with Crippen LogP contribution in [0.25, 0.3) is 0 Å². The number of anilines is 2. The number of halogens is 2. The second kappa shape index (κ2) is 8.06. The van der Waals surface area contributed by atoms with Crippen molar-refractivity contribution in [3.05, 3.63) is 52.5 Å². The molecule has 0 aromatic heterocycles. The lowest BCUT2D eigenvalue weighted by Crippen LogP contribution is -2.43. The third-order valence-electron chi connectivity index (χ3n) is 4.30. The molecule has 2 aromatic carbocycles. The summed E-state index contributed by atoms with van der Waals surface area (Å²) in [5, 5.41) is 3.45. The van der Waals surface area contributed by atoms with Crippen LogP contribution in [0.4, 0.5) is 11.4 Å². The van der Waals surface area contributed by atoms with Crippen LogP contribution in [-0.2, 0) is 15.0 Å². The van der Waals surface area contributed by atoms with E-state index in [9.17, 15) is 13.2 Å². The molecule has 1 aliphatic heterocycles. The highest BCUT2D eigenvalue weighted by molar-refractivity contribution is 7.94. The number of nitrogens with one attached hydrogen (secondary N) is 1. The van der Waals surface area contributed by atoms with E-state index in [1.165, 1.54) is 21.7 Å². The van der Waals surface area contributed by atoms with Crippen molar-refractivity contribution in [2.45, 2.75) is 13.0 Å². The molecular weight excluding hydrogens is 425 g/mol. The van der Waals surface area contributed by atoms with Gasteiger partial charge in [0.25, 0.3) is 5.91 Å². The number of hydrogen-bond donors (Lipinski definition) is 1. The molecule has 0 saturated carbocycles. The first kappa shape index (κ1) is 20.6. The maximum absolute atomic E-state index is 12.6. The Balaban J connectivity index is 1.59. The van der Waals surface area contributed by atoms with Gasteiger partial charge in [0.2, 0.25) is 0 Å². The lowest BCUT2D eigenvalue weighted by Gasteiger charge is -2.20. The molecule has 150 valence electrons. The van der Waals surface area contributed by atoms with E-state index in [0.717, 1.165) is 0 Å². The predicted octanol–water partition coefficient (Wildman–Crippen LogP) is 3.08. The van der Waals surface area contributed by atoms with Crippen molar-refractivity contribution < 1.29 is 17.9 Å². The van der Waals surface area contributed by atoms with Gasteiger partial charge in [-0.1, -0.05) is 35.3 Å². The molecule has 1 N–H and O–H groups in total. The molecule has 1 heterocycles. The SMILES string of the molecule is CC(Oc1ccc(Cl)cc1Cl)C(=O)NCCN1c2ccccc2N(C)S1(=O)=O. The van der Waals surface area contributed by atoms with Crippen molar-refractivity contribution in [1.29, 1.82) is 0 Å². The van der Waals surface area contributed by atoms with Gasteiger partial charge in [-0.3, -0.25) is 9.10 Å². The Hall–Kier alpha value is -2.16. The summed E-state index contributed by atoms with van der Waals surface area (Å²) in [6.45, 7) is 1.81. The molecule has 7 nitrogen and oxygen atoms in total. The number of benzene rings is 2. The van der Waals surface area contributed by atoms with E-state index in [4.69, 9.17) is 27.9 Å². The van der Waals surface area contributed by atoms with Gasteiger partial charge in [-0.15, -0.1) is 0 Å². The van der Waals surface area contributed by atoms with Gasteiger partial charge in [0.1, 0.15) is 5.75 Å². The fraction of sp³-hybridized carbons (Fsp3) is 0.278. The molecule has 28 heavy (non-hydrogen) atoms. The Labute approximate surface area is 174 Å². The Morgan fingerprint density at radius 1 is 1.18 bits per heavy atom. The minimum atomic E-state index is -3.65. The number of rotatable bonds is 6. The van der Waals surface area contributed by atoms with Crippen molar-refractivity contribution in [3.63, 3.8) is 0 Å². The molecule has 1 aliphatic rings. The molecule has 1 unspecified atom stereocenters. The molecule has 0 fully saturated rings. The summed E-state index contributed by atoms with van der Waals surface area (Å²) >= 11 is 11.9. The molecule has 0 radical (unpaired) electrons. The van der Waals surface area contributed by atoms with Crippen LogP contribution in [0.2, 0.25) is 10.0 Å². The number of amides is 1. The van der Waals surface area contributed by atoms with Crippen molar-refractivity contribution in [3.8, 4) is 5.75 Å². The Bertz CT molecular complexity index is 1000. The van der Waals surface area contributed by atoms with Crippen LogP contribution in [0.5, 0.6) is 5.75 Å². The van der Waals surface area contributed by atoms with E-state index in [1.54, 1.807) is 43.3 Å². The Morgan fingerprint density at radius 2 is 1.86 bits per heavy atom. The molecule has 0 saturated heterocycles. The quantitative estimate of drug-likeness (QED) is 0.743. The number of fused-ring (bicyclic) bond motifs is 1. The van der Waals surface area contributed by atoms with Gasteiger partial charge < -0.3 is 10.1 Å². The molecule has 0 spiro atoms. The largest absolute Gasteiger partial charge is 0.479 e. The highest BCUT2D eigenvalue weighted by atomic mass is 35.5. The van der Waals surface area contributed by atoms with Crippen LogP contribution >= 0.6 is 23.2 Å². The van der Waals surface area contributed by atoms with Crippen molar-refractivity contribution in [1.82, 2.24) is 5.32 Å². The number of carbonyl (C=O) groups excluding carboxylic acids is 1. The van der Waals surface area contributed by atoms with Gasteiger partial charge in [0, 0.05) is 18.6 Å². The highest BCUT2D eigenvalue weighted by Crippen LogP contribution is 2.39. The first-order valence-electron chi connectivity index (χ1n) is 8.47. The number of carbonyl (C=O) groups is 1. The van der Waals surface area contributed by atoms with Gasteiger partial charge in [0.05, 0.1) is 22.9 Å². The Morgan fingerprint density at radius 3 is 2.54 bits per heavy atom. The van der Waals surface area contributed by atoms with Gasteiger partial charge >= 0.3 is 10.2 Å². The van der Waals surface area contributed by atoms with Crippen LogP contribution in [0, 0.1) is 0 Å². The lowest BCUT2D eigenvalue weighted by atomic mass is 10.2. The van der Waals surface area contributed by atoms with Gasteiger partial charge in [-0.25, -0.2) is 4.31 Å². The summed E-state index contributed by atoms with van der Waals surface area (Å²) in [4.78, 5) is 12.3. The number of ether oxygens (including phenoxy) is 1. The van der Waals surface area contributed by atoms with Crippen LogP contribution in [-0.4, -0.2) is 40.6 Å². The molecule has 0 bridgehead atoms. The predicted molar refractivity (Wildman–Crippen MR) is 111 cm³/mol. The topological polar surface area (TPSA) is 79.0 Å². The summed E-state index contributed by atoms with van der Waals surface area (Å²) in [6.07, 6.45) is -0.816. The summed E-state index contributed by atoms with van der Waals surface area (Å²) in [6, 6.07) is 11.7. The third-order valence-corrected chi connectivity index (χ3v) is 6.65. The maximum Gasteiger partial charge on any atom is 0.326 e. The zero-order valence-corrected chi connectivity index (χ0v) is 17.6. The van der Waals surface area contributed by atoms with Crippen molar-refractivity contribution in [2.75, 3.05) is 28.7 Å². The van der Waals surface area contributed by atoms with Crippen LogP contribution < -0.4 is 18.7 Å². The van der Waals surface area contributed by atoms with Gasteiger partial charge in [-0.05, 0) is 37.3 Å². The van der Waals surface area contributed by atoms with Crippen molar-refractivity contribution in [2.24, 2.45) is 0 Å². The van der Waals surface area contributed by atoms with E-state index in [-0.39, 0.29) is 19.0 Å². The first-order valence-corrected chi connectivity index (χ1v) is 10.6. The lowest BCUT2D eigenvalue weighted by molar-refractivity contribution is -0.127. The summed E-state index contributed by atoms with van der Waals surface area (Å²) in [7, 11) is -2.15. The zero-order valence-electron chi connectivity index (χ0n) is 15.2. The van der Waals surface area contributed by atoms with E-state index >= 15 is 0 Å². The average Bonchev–Trinajstić information content (AvgIpc) is 2.84. The summed E-state index contributed by atoms with van der Waals surface area (Å²) < 4.78 is 33.2. The second-order valence-electron chi connectivity index (χ2n) is 6.16. The highest BCUT2D eigenvalue weighted by Gasteiger charge is 2.37. The minimum Gasteiger partial charge on any atom is -0.479 e. The van der Waals surface area contributed by atoms with E-state index < -0.39 is 16.3 Å². The second-order valence-corrected chi connectivity index (χ2v) is 8.89. The molecular formula is C18H19Cl2N3O4S. The zero-order chi connectivity index (χ0) is 20.5. The van der Waals surface area contributed by atoms with Crippen LogP contribution in [0.3, 0.4) is 0 Å². The third kappa shape index (κ3) is 3.99. The van der Waals surface area contributed by atoms with Crippen molar-refractivity contribution >= 4 is 50.7 Å². The van der Waals surface area contributed by atoms with E-state index in [2.05, 4.69) is 5.32 Å². The molecule has 2 aromatic rings. The van der Waals surface area contributed by atoms with Crippen LogP contribution in [0.1, 0.15) is 6.92 Å². The monoisotopic (exact) mass is 443 g/mol. The molecule has 1 amide bonds. The number of hydrogen-bond acceptors (Lipinski definition) is 4. The maximum atomic E-state index is 12.6.